The van der Waals surface area contributed by atoms with Gasteiger partial charge in [-0.15, -0.1) is 0 Å². The van der Waals surface area contributed by atoms with Crippen molar-refractivity contribution in [2.75, 3.05) is 0 Å². The van der Waals surface area contributed by atoms with Crippen LogP contribution >= 0.6 is 15.9 Å². The van der Waals surface area contributed by atoms with E-state index in [4.69, 9.17) is 0 Å². The van der Waals surface area contributed by atoms with Crippen LogP contribution in [-0.4, -0.2) is 14.8 Å². The predicted molar refractivity (Wildman–Crippen MR) is 58.0 cm³/mol. The third-order valence-corrected chi connectivity index (χ3v) is 2.37. The van der Waals surface area contributed by atoms with Crippen molar-refractivity contribution in [1.29, 1.82) is 0 Å². The van der Waals surface area contributed by atoms with Gasteiger partial charge in [-0.2, -0.15) is 5.10 Å². The van der Waals surface area contributed by atoms with Crippen LogP contribution < -0.4 is 0 Å². The van der Waals surface area contributed by atoms with E-state index in [1.54, 1.807) is 17.3 Å². The summed E-state index contributed by atoms with van der Waals surface area (Å²) in [7, 11) is 0. The predicted octanol–water partition coefficient (Wildman–Crippen LogP) is 2.40. The molecule has 0 aliphatic carbocycles. The smallest absolute Gasteiger partial charge is 0.137 e. The Hall–Kier alpha value is -1.16. The molecule has 0 N–H and O–H groups in total. The zero-order chi connectivity index (χ0) is 9.97. The van der Waals surface area contributed by atoms with Gasteiger partial charge in [0.25, 0.3) is 0 Å². The van der Waals surface area contributed by atoms with Crippen molar-refractivity contribution in [3.63, 3.8) is 0 Å². The van der Waals surface area contributed by atoms with Crippen molar-refractivity contribution >= 4 is 15.9 Å². The quantitative estimate of drug-likeness (QED) is 0.821. The first-order chi connectivity index (χ1) is 6.74. The maximum absolute atomic E-state index is 4.06. The Kier molecular flexibility index (Phi) is 2.63. The number of halogens is 1. The molecule has 0 amide bonds. The van der Waals surface area contributed by atoms with Crippen molar-refractivity contribution in [3.8, 4) is 0 Å². The highest BCUT2D eigenvalue weighted by Gasteiger charge is 1.98. The molecule has 0 atom stereocenters. The number of benzene rings is 1. The summed E-state index contributed by atoms with van der Waals surface area (Å²) in [5.74, 6) is 0. The minimum Gasteiger partial charge on any atom is -0.249 e. The Morgan fingerprint density at radius 1 is 1.36 bits per heavy atom. The molecule has 1 aromatic carbocycles. The fourth-order valence-electron chi connectivity index (χ4n) is 1.40. The lowest BCUT2D eigenvalue weighted by molar-refractivity contribution is 0.684. The molecule has 0 unspecified atom stereocenters. The Morgan fingerprint density at radius 2 is 2.21 bits per heavy atom. The highest BCUT2D eigenvalue weighted by Crippen LogP contribution is 2.15. The van der Waals surface area contributed by atoms with E-state index in [0.717, 1.165) is 11.0 Å². The van der Waals surface area contributed by atoms with E-state index in [9.17, 15) is 0 Å². The van der Waals surface area contributed by atoms with Crippen molar-refractivity contribution < 1.29 is 0 Å². The first kappa shape index (κ1) is 9.40. The SMILES string of the molecule is Cc1cc(Br)cc(Cn2cncn2)c1. The van der Waals surface area contributed by atoms with Crippen molar-refractivity contribution in [2.24, 2.45) is 0 Å². The lowest BCUT2D eigenvalue weighted by Gasteiger charge is -2.03. The molecular formula is C10H10BrN3. The molecule has 0 fully saturated rings. The van der Waals surface area contributed by atoms with Crippen LogP contribution in [0.1, 0.15) is 11.1 Å². The van der Waals surface area contributed by atoms with Gasteiger partial charge >= 0.3 is 0 Å². The third kappa shape index (κ3) is 2.20. The summed E-state index contributed by atoms with van der Waals surface area (Å²) in [4.78, 5) is 3.90. The van der Waals surface area contributed by atoms with Gasteiger partial charge < -0.3 is 0 Å². The summed E-state index contributed by atoms with van der Waals surface area (Å²) >= 11 is 3.47. The molecule has 0 spiro atoms. The lowest BCUT2D eigenvalue weighted by Crippen LogP contribution is -2.00. The van der Waals surface area contributed by atoms with Gasteiger partial charge in [0.2, 0.25) is 0 Å². The molecule has 0 aliphatic rings. The average Bonchev–Trinajstić information content (AvgIpc) is 2.54. The number of hydrogen-bond donors (Lipinski definition) is 0. The Bertz CT molecular complexity index is 403. The molecule has 14 heavy (non-hydrogen) atoms. The summed E-state index contributed by atoms with van der Waals surface area (Å²) < 4.78 is 2.91. The molecule has 0 bridgehead atoms. The lowest BCUT2D eigenvalue weighted by atomic mass is 10.1. The number of aromatic nitrogens is 3. The molecule has 0 radical (unpaired) electrons. The molecule has 0 saturated carbocycles. The van der Waals surface area contributed by atoms with Crippen molar-refractivity contribution in [1.82, 2.24) is 14.8 Å². The number of hydrogen-bond acceptors (Lipinski definition) is 2. The maximum Gasteiger partial charge on any atom is 0.137 e. The zero-order valence-corrected chi connectivity index (χ0v) is 9.40. The van der Waals surface area contributed by atoms with E-state index in [0.29, 0.717) is 0 Å². The molecule has 2 rings (SSSR count). The molecule has 3 nitrogen and oxygen atoms in total. The van der Waals surface area contributed by atoms with E-state index < -0.39 is 0 Å². The van der Waals surface area contributed by atoms with Gasteiger partial charge in [-0.25, -0.2) is 9.67 Å². The van der Waals surface area contributed by atoms with E-state index in [2.05, 4.69) is 51.1 Å². The van der Waals surface area contributed by atoms with E-state index in [1.807, 2.05) is 0 Å². The van der Waals surface area contributed by atoms with Crippen molar-refractivity contribution in [3.05, 3.63) is 46.5 Å². The van der Waals surface area contributed by atoms with Crippen LogP contribution in [0, 0.1) is 6.92 Å². The molecule has 2 aromatic rings. The second-order valence-corrected chi connectivity index (χ2v) is 4.15. The highest BCUT2D eigenvalue weighted by atomic mass is 79.9. The standard InChI is InChI=1S/C10H10BrN3/c1-8-2-9(4-10(11)3-8)5-14-7-12-6-13-14/h2-4,6-7H,5H2,1H3. The number of aryl methyl sites for hydroxylation is 1. The van der Waals surface area contributed by atoms with Crippen LogP contribution in [0.4, 0.5) is 0 Å². The van der Waals surface area contributed by atoms with Crippen LogP contribution in [-0.2, 0) is 6.54 Å². The minimum atomic E-state index is 0.764. The second-order valence-electron chi connectivity index (χ2n) is 3.23. The summed E-state index contributed by atoms with van der Waals surface area (Å²) in [5, 5.41) is 4.06. The largest absolute Gasteiger partial charge is 0.249 e. The van der Waals surface area contributed by atoms with Gasteiger partial charge in [0, 0.05) is 4.47 Å². The topological polar surface area (TPSA) is 30.7 Å². The Morgan fingerprint density at radius 3 is 2.86 bits per heavy atom. The van der Waals surface area contributed by atoms with Gasteiger partial charge in [0.05, 0.1) is 6.54 Å². The van der Waals surface area contributed by atoms with Gasteiger partial charge in [0.1, 0.15) is 12.7 Å². The maximum atomic E-state index is 4.06. The summed E-state index contributed by atoms with van der Waals surface area (Å²) in [6.07, 6.45) is 3.26. The number of nitrogens with zero attached hydrogens (tertiary/aromatic N) is 3. The van der Waals surface area contributed by atoms with Gasteiger partial charge in [0.15, 0.2) is 0 Å². The minimum absolute atomic E-state index is 0.764. The zero-order valence-electron chi connectivity index (χ0n) is 7.81. The summed E-state index contributed by atoms with van der Waals surface area (Å²) in [6, 6.07) is 6.33. The van der Waals surface area contributed by atoms with Gasteiger partial charge in [-0.05, 0) is 30.2 Å². The molecule has 1 aromatic heterocycles. The highest BCUT2D eigenvalue weighted by molar-refractivity contribution is 9.10. The summed E-state index contributed by atoms with van der Waals surface area (Å²) in [5.41, 5.74) is 2.47. The number of rotatable bonds is 2. The first-order valence-corrected chi connectivity index (χ1v) is 5.12. The molecule has 0 aliphatic heterocycles. The second kappa shape index (κ2) is 3.92. The van der Waals surface area contributed by atoms with Gasteiger partial charge in [-0.1, -0.05) is 22.0 Å². The Balaban J connectivity index is 2.25. The van der Waals surface area contributed by atoms with Crippen LogP contribution in [0.5, 0.6) is 0 Å². The van der Waals surface area contributed by atoms with Gasteiger partial charge in [-0.3, -0.25) is 0 Å². The molecular weight excluding hydrogens is 242 g/mol. The molecule has 1 heterocycles. The fourth-order valence-corrected chi connectivity index (χ4v) is 2.06. The van der Waals surface area contributed by atoms with E-state index in [1.165, 1.54) is 11.1 Å². The first-order valence-electron chi connectivity index (χ1n) is 4.32. The van der Waals surface area contributed by atoms with Crippen LogP contribution in [0.25, 0.3) is 0 Å². The van der Waals surface area contributed by atoms with Crippen LogP contribution in [0.15, 0.2) is 35.3 Å². The van der Waals surface area contributed by atoms with Crippen molar-refractivity contribution in [2.45, 2.75) is 13.5 Å². The monoisotopic (exact) mass is 251 g/mol. The molecule has 72 valence electrons. The molecule has 4 heteroatoms. The van der Waals surface area contributed by atoms with E-state index in [-0.39, 0.29) is 0 Å². The normalized spacial score (nSPS) is 10.4. The average molecular weight is 252 g/mol. The summed E-state index contributed by atoms with van der Waals surface area (Å²) in [6.45, 7) is 2.84. The fraction of sp³-hybridized carbons (Fsp3) is 0.200. The molecule has 0 saturated heterocycles. The Labute approximate surface area is 90.9 Å². The van der Waals surface area contributed by atoms with E-state index >= 15 is 0 Å². The van der Waals surface area contributed by atoms with Crippen LogP contribution in [0.3, 0.4) is 0 Å². The van der Waals surface area contributed by atoms with Crippen LogP contribution in [0.2, 0.25) is 0 Å². The third-order valence-electron chi connectivity index (χ3n) is 1.91.